The van der Waals surface area contributed by atoms with Gasteiger partial charge in [-0.15, -0.1) is 0 Å². The van der Waals surface area contributed by atoms with Crippen LogP contribution in [0.2, 0.25) is 0 Å². The summed E-state index contributed by atoms with van der Waals surface area (Å²) >= 11 is 0. The van der Waals surface area contributed by atoms with Gasteiger partial charge in [0.2, 0.25) is 0 Å². The van der Waals surface area contributed by atoms with Crippen molar-refractivity contribution in [3.63, 3.8) is 0 Å². The van der Waals surface area contributed by atoms with E-state index in [1.165, 1.54) is 9.80 Å². The quantitative estimate of drug-likeness (QED) is 0.428. The molecule has 3 N–H and O–H groups in total. The average molecular weight is 185 g/mol. The largest absolute Gasteiger partial charge is 0.330 e. The molecule has 0 radical (unpaired) electrons. The lowest BCUT2D eigenvalue weighted by Crippen LogP contribution is -2.67. The van der Waals surface area contributed by atoms with Gasteiger partial charge in [-0.3, -0.25) is 5.43 Å². The van der Waals surface area contributed by atoms with E-state index < -0.39 is 0 Å². The highest BCUT2D eigenvalue weighted by Crippen LogP contribution is 2.16. The molecule has 7 nitrogen and oxygen atoms in total. The van der Waals surface area contributed by atoms with Gasteiger partial charge in [-0.2, -0.15) is 0 Å². The molecule has 0 spiro atoms. The van der Waals surface area contributed by atoms with E-state index in [4.69, 9.17) is 0 Å². The minimum atomic E-state index is -0.323. The van der Waals surface area contributed by atoms with Gasteiger partial charge in [0.1, 0.15) is 12.3 Å². The summed E-state index contributed by atoms with van der Waals surface area (Å²) in [6.07, 6.45) is -0.513. The van der Waals surface area contributed by atoms with Crippen LogP contribution in [0.5, 0.6) is 0 Å². The second-order valence-electron chi connectivity index (χ2n) is 3.14. The van der Waals surface area contributed by atoms with Crippen molar-refractivity contribution in [3.05, 3.63) is 0 Å². The van der Waals surface area contributed by atoms with Crippen molar-refractivity contribution in [3.8, 4) is 0 Å². The molecule has 2 heterocycles. The SMILES string of the molecule is CN1C(=O)N(C)C2NC(=O)NNC21. The first-order chi connectivity index (χ1) is 6.11. The van der Waals surface area contributed by atoms with E-state index in [-0.39, 0.29) is 24.4 Å². The fraction of sp³-hybridized carbons (Fsp3) is 0.667. The maximum Gasteiger partial charge on any atom is 0.330 e. The van der Waals surface area contributed by atoms with E-state index in [1.807, 2.05) is 0 Å². The van der Waals surface area contributed by atoms with Gasteiger partial charge in [0.05, 0.1) is 0 Å². The van der Waals surface area contributed by atoms with Crippen LogP contribution >= 0.6 is 0 Å². The number of rotatable bonds is 0. The highest BCUT2D eigenvalue weighted by molar-refractivity contribution is 5.81. The third-order valence-corrected chi connectivity index (χ3v) is 2.35. The van der Waals surface area contributed by atoms with E-state index >= 15 is 0 Å². The van der Waals surface area contributed by atoms with Crippen molar-refractivity contribution < 1.29 is 9.59 Å². The van der Waals surface area contributed by atoms with Gasteiger partial charge in [-0.05, 0) is 0 Å². The number of carbonyl (C=O) groups is 2. The Hall–Kier alpha value is -1.50. The minimum Gasteiger partial charge on any atom is -0.313 e. The summed E-state index contributed by atoms with van der Waals surface area (Å²) in [7, 11) is 3.33. The Labute approximate surface area is 75.0 Å². The number of nitrogens with one attached hydrogen (secondary N) is 3. The zero-order valence-electron chi connectivity index (χ0n) is 7.37. The van der Waals surface area contributed by atoms with Crippen LogP contribution in [0.25, 0.3) is 0 Å². The molecule has 0 aromatic carbocycles. The second kappa shape index (κ2) is 2.49. The van der Waals surface area contributed by atoms with Crippen LogP contribution in [-0.4, -0.2) is 48.3 Å². The average Bonchev–Trinajstić information content (AvgIpc) is 2.32. The monoisotopic (exact) mass is 185 g/mol. The third kappa shape index (κ3) is 1.00. The number of fused-ring (bicyclic) bond motifs is 1. The fourth-order valence-corrected chi connectivity index (χ4v) is 1.57. The Morgan fingerprint density at radius 1 is 1.15 bits per heavy atom. The van der Waals surface area contributed by atoms with E-state index in [2.05, 4.69) is 16.2 Å². The number of hydrazine groups is 1. The first kappa shape index (κ1) is 8.11. The fourth-order valence-electron chi connectivity index (χ4n) is 1.57. The molecule has 2 unspecified atom stereocenters. The summed E-state index contributed by atoms with van der Waals surface area (Å²) in [5, 5.41) is 2.64. The Balaban J connectivity index is 2.22. The summed E-state index contributed by atoms with van der Waals surface area (Å²) in [6, 6.07) is -0.442. The molecule has 0 bridgehead atoms. The molecule has 2 aliphatic rings. The highest BCUT2D eigenvalue weighted by atomic mass is 16.2. The lowest BCUT2D eigenvalue weighted by molar-refractivity contribution is 0.159. The molecular formula is C6H11N5O2. The molecule has 2 aliphatic heterocycles. The molecule has 7 heteroatoms. The van der Waals surface area contributed by atoms with Crippen LogP contribution in [0.1, 0.15) is 0 Å². The number of amides is 4. The van der Waals surface area contributed by atoms with Crippen molar-refractivity contribution >= 4 is 12.1 Å². The predicted octanol–water partition coefficient (Wildman–Crippen LogP) is -1.55. The van der Waals surface area contributed by atoms with Crippen molar-refractivity contribution in [2.75, 3.05) is 14.1 Å². The predicted molar refractivity (Wildman–Crippen MR) is 43.3 cm³/mol. The molecule has 0 aromatic heterocycles. The van der Waals surface area contributed by atoms with E-state index in [0.29, 0.717) is 0 Å². The molecule has 0 aromatic rings. The molecule has 0 aliphatic carbocycles. The zero-order valence-corrected chi connectivity index (χ0v) is 7.37. The third-order valence-electron chi connectivity index (χ3n) is 2.35. The van der Waals surface area contributed by atoms with Crippen molar-refractivity contribution in [1.82, 2.24) is 26.0 Å². The Morgan fingerprint density at radius 2 is 1.77 bits per heavy atom. The van der Waals surface area contributed by atoms with Gasteiger partial charge in [-0.25, -0.2) is 15.0 Å². The Morgan fingerprint density at radius 3 is 2.46 bits per heavy atom. The van der Waals surface area contributed by atoms with Crippen LogP contribution in [-0.2, 0) is 0 Å². The molecule has 2 atom stereocenters. The minimum absolute atomic E-state index is 0.119. The van der Waals surface area contributed by atoms with Crippen LogP contribution < -0.4 is 16.2 Å². The number of hydrogen-bond acceptors (Lipinski definition) is 3. The second-order valence-corrected chi connectivity index (χ2v) is 3.14. The smallest absolute Gasteiger partial charge is 0.313 e. The Kier molecular flexibility index (Phi) is 1.56. The summed E-state index contributed by atoms with van der Waals surface area (Å²) in [6.45, 7) is 0. The van der Waals surface area contributed by atoms with Gasteiger partial charge in [-0.1, -0.05) is 0 Å². The van der Waals surface area contributed by atoms with Crippen LogP contribution in [0.15, 0.2) is 0 Å². The Bertz CT molecular complexity index is 268. The van der Waals surface area contributed by atoms with E-state index in [1.54, 1.807) is 14.1 Å². The maximum absolute atomic E-state index is 11.4. The topological polar surface area (TPSA) is 76.7 Å². The first-order valence-corrected chi connectivity index (χ1v) is 3.93. The number of carbonyl (C=O) groups excluding carboxylic acids is 2. The van der Waals surface area contributed by atoms with Crippen molar-refractivity contribution in [1.29, 1.82) is 0 Å². The summed E-state index contributed by atoms with van der Waals surface area (Å²) in [5.41, 5.74) is 5.15. The molecule has 2 rings (SSSR count). The summed E-state index contributed by atoms with van der Waals surface area (Å²) < 4.78 is 0. The molecule has 4 amide bonds. The normalized spacial score (nSPS) is 32.8. The van der Waals surface area contributed by atoms with Crippen molar-refractivity contribution in [2.24, 2.45) is 0 Å². The van der Waals surface area contributed by atoms with Gasteiger partial charge in [0.15, 0.2) is 0 Å². The summed E-state index contributed by atoms with van der Waals surface area (Å²) in [5.74, 6) is 0. The van der Waals surface area contributed by atoms with Crippen molar-refractivity contribution in [2.45, 2.75) is 12.3 Å². The first-order valence-electron chi connectivity index (χ1n) is 3.93. The van der Waals surface area contributed by atoms with Crippen LogP contribution in [0, 0.1) is 0 Å². The van der Waals surface area contributed by atoms with Gasteiger partial charge < -0.3 is 15.1 Å². The van der Waals surface area contributed by atoms with Gasteiger partial charge in [0.25, 0.3) is 0 Å². The van der Waals surface area contributed by atoms with E-state index in [9.17, 15) is 9.59 Å². The zero-order chi connectivity index (χ0) is 9.59. The van der Waals surface area contributed by atoms with Gasteiger partial charge in [0, 0.05) is 14.1 Å². The molecule has 2 saturated heterocycles. The molecular weight excluding hydrogens is 174 g/mol. The summed E-state index contributed by atoms with van der Waals surface area (Å²) in [4.78, 5) is 25.3. The van der Waals surface area contributed by atoms with Crippen LogP contribution in [0.3, 0.4) is 0 Å². The van der Waals surface area contributed by atoms with E-state index in [0.717, 1.165) is 0 Å². The lowest BCUT2D eigenvalue weighted by Gasteiger charge is -2.31. The van der Waals surface area contributed by atoms with Crippen LogP contribution in [0.4, 0.5) is 9.59 Å². The number of likely N-dealkylation sites (N-methyl/N-ethyl adjacent to an activating group) is 2. The maximum atomic E-state index is 11.4. The number of urea groups is 2. The molecule has 0 saturated carbocycles. The molecule has 2 fully saturated rings. The highest BCUT2D eigenvalue weighted by Gasteiger charge is 2.44. The standard InChI is InChI=1S/C6H11N5O2/c1-10-3-4(11(2)6(10)13)8-9-5(12)7-3/h3-4,8H,1-2H3,(H2,7,9,12). The number of hydrogen-bond donors (Lipinski definition) is 3. The lowest BCUT2D eigenvalue weighted by atomic mass is 10.3. The molecule has 13 heavy (non-hydrogen) atoms. The van der Waals surface area contributed by atoms with Gasteiger partial charge >= 0.3 is 12.1 Å². The molecule has 72 valence electrons. The number of nitrogens with zero attached hydrogens (tertiary/aromatic N) is 2.